The molecular formula is C10H16N4. The average Bonchev–Trinajstić information content (AvgIpc) is 2.76. The summed E-state index contributed by atoms with van der Waals surface area (Å²) in [6.07, 6.45) is 3.73. The fraction of sp³-hybridized carbons (Fsp3) is 0.700. The van der Waals surface area contributed by atoms with Crippen molar-refractivity contribution >= 4 is 5.82 Å². The molecule has 1 saturated carbocycles. The molecule has 1 aliphatic heterocycles. The zero-order chi connectivity index (χ0) is 9.54. The summed E-state index contributed by atoms with van der Waals surface area (Å²) in [5.41, 5.74) is 7.17. The highest BCUT2D eigenvalue weighted by atomic mass is 15.3. The average molecular weight is 192 g/mol. The molecule has 3 N–H and O–H groups in total. The first-order valence-corrected chi connectivity index (χ1v) is 5.39. The Morgan fingerprint density at radius 2 is 2.29 bits per heavy atom. The third-order valence-corrected chi connectivity index (χ3v) is 3.15. The van der Waals surface area contributed by atoms with Gasteiger partial charge in [0, 0.05) is 36.8 Å². The molecule has 14 heavy (non-hydrogen) atoms. The van der Waals surface area contributed by atoms with Crippen molar-refractivity contribution in [3.05, 3.63) is 11.8 Å². The van der Waals surface area contributed by atoms with Crippen LogP contribution in [0.5, 0.6) is 0 Å². The number of nitrogens with one attached hydrogen (secondary N) is 1. The zero-order valence-corrected chi connectivity index (χ0v) is 8.24. The van der Waals surface area contributed by atoms with Crippen LogP contribution in [0.15, 0.2) is 6.07 Å². The molecule has 2 aliphatic rings. The highest BCUT2D eigenvalue weighted by molar-refractivity contribution is 5.42. The lowest BCUT2D eigenvalue weighted by Gasteiger charge is -2.13. The van der Waals surface area contributed by atoms with Crippen molar-refractivity contribution in [2.45, 2.75) is 31.2 Å². The van der Waals surface area contributed by atoms with Crippen molar-refractivity contribution in [2.75, 3.05) is 18.0 Å². The van der Waals surface area contributed by atoms with Crippen LogP contribution in [0.1, 0.15) is 30.9 Å². The molecule has 0 aromatic carbocycles. The fourth-order valence-electron chi connectivity index (χ4n) is 2.09. The molecule has 2 heterocycles. The van der Waals surface area contributed by atoms with Gasteiger partial charge in [-0.15, -0.1) is 0 Å². The van der Waals surface area contributed by atoms with E-state index in [0.29, 0.717) is 6.04 Å². The number of nitrogens with two attached hydrogens (primary N) is 1. The highest BCUT2D eigenvalue weighted by Crippen LogP contribution is 2.39. The van der Waals surface area contributed by atoms with E-state index in [1.54, 1.807) is 0 Å². The number of H-pyrrole nitrogens is 1. The molecule has 76 valence electrons. The van der Waals surface area contributed by atoms with Gasteiger partial charge >= 0.3 is 0 Å². The molecule has 0 unspecified atom stereocenters. The van der Waals surface area contributed by atoms with E-state index in [1.807, 2.05) is 0 Å². The Morgan fingerprint density at radius 1 is 1.43 bits per heavy atom. The van der Waals surface area contributed by atoms with E-state index >= 15 is 0 Å². The maximum Gasteiger partial charge on any atom is 0.150 e. The van der Waals surface area contributed by atoms with Gasteiger partial charge in [0.15, 0.2) is 5.82 Å². The summed E-state index contributed by atoms with van der Waals surface area (Å²) in [7, 11) is 0. The SMILES string of the molecule is N[C@H]1CCN(c2cc(C3CC3)[nH]n2)C1. The monoisotopic (exact) mass is 192 g/mol. The summed E-state index contributed by atoms with van der Waals surface area (Å²) in [6.45, 7) is 2.01. The molecule has 3 rings (SSSR count). The first-order valence-electron chi connectivity index (χ1n) is 5.39. The number of aromatic nitrogens is 2. The molecule has 4 nitrogen and oxygen atoms in total. The van der Waals surface area contributed by atoms with Gasteiger partial charge in [0.25, 0.3) is 0 Å². The molecule has 1 aromatic rings. The van der Waals surface area contributed by atoms with E-state index in [-0.39, 0.29) is 0 Å². The fourth-order valence-corrected chi connectivity index (χ4v) is 2.09. The Bertz CT molecular complexity index is 329. The minimum absolute atomic E-state index is 0.330. The molecule has 4 heteroatoms. The van der Waals surface area contributed by atoms with Crippen molar-refractivity contribution in [2.24, 2.45) is 5.73 Å². The molecular weight excluding hydrogens is 176 g/mol. The van der Waals surface area contributed by atoms with Crippen LogP contribution in [-0.4, -0.2) is 29.3 Å². The van der Waals surface area contributed by atoms with Gasteiger partial charge in [-0.2, -0.15) is 5.10 Å². The van der Waals surface area contributed by atoms with Gasteiger partial charge < -0.3 is 10.6 Å². The lowest BCUT2D eigenvalue weighted by atomic mass is 10.3. The number of hydrogen-bond donors (Lipinski definition) is 2. The van der Waals surface area contributed by atoms with E-state index in [4.69, 9.17) is 5.73 Å². The van der Waals surface area contributed by atoms with Crippen LogP contribution in [0.3, 0.4) is 0 Å². The molecule has 0 spiro atoms. The lowest BCUT2D eigenvalue weighted by Crippen LogP contribution is -2.26. The van der Waals surface area contributed by atoms with Crippen LogP contribution in [0, 0.1) is 0 Å². The van der Waals surface area contributed by atoms with Crippen molar-refractivity contribution in [1.29, 1.82) is 0 Å². The minimum Gasteiger partial charge on any atom is -0.354 e. The minimum atomic E-state index is 0.330. The van der Waals surface area contributed by atoms with Crippen molar-refractivity contribution < 1.29 is 0 Å². The number of nitrogens with zero attached hydrogens (tertiary/aromatic N) is 2. The largest absolute Gasteiger partial charge is 0.354 e. The Morgan fingerprint density at radius 3 is 2.93 bits per heavy atom. The van der Waals surface area contributed by atoms with Gasteiger partial charge in [0.1, 0.15) is 0 Å². The van der Waals surface area contributed by atoms with E-state index in [0.717, 1.165) is 31.2 Å². The maximum absolute atomic E-state index is 5.86. The number of hydrogen-bond acceptors (Lipinski definition) is 3. The third kappa shape index (κ3) is 1.39. The third-order valence-electron chi connectivity index (χ3n) is 3.15. The Kier molecular flexibility index (Phi) is 1.77. The summed E-state index contributed by atoms with van der Waals surface area (Å²) in [5.74, 6) is 1.84. The molecule has 0 bridgehead atoms. The van der Waals surface area contributed by atoms with Crippen molar-refractivity contribution in [1.82, 2.24) is 10.2 Å². The highest BCUT2D eigenvalue weighted by Gasteiger charge is 2.27. The maximum atomic E-state index is 5.86. The molecule has 1 aliphatic carbocycles. The summed E-state index contributed by atoms with van der Waals surface area (Å²) in [6, 6.07) is 2.52. The predicted molar refractivity (Wildman–Crippen MR) is 55.4 cm³/mol. The first kappa shape index (κ1) is 8.29. The van der Waals surface area contributed by atoms with Gasteiger partial charge in [-0.25, -0.2) is 0 Å². The molecule has 2 fully saturated rings. The number of rotatable bonds is 2. The van der Waals surface area contributed by atoms with E-state index < -0.39 is 0 Å². The molecule has 1 aromatic heterocycles. The van der Waals surface area contributed by atoms with Crippen LogP contribution in [0.25, 0.3) is 0 Å². The van der Waals surface area contributed by atoms with Crippen LogP contribution < -0.4 is 10.6 Å². The van der Waals surface area contributed by atoms with Gasteiger partial charge in [-0.1, -0.05) is 0 Å². The second kappa shape index (κ2) is 2.98. The number of anilines is 1. The molecule has 1 atom stereocenters. The number of aromatic amines is 1. The normalized spacial score (nSPS) is 27.2. The van der Waals surface area contributed by atoms with Crippen molar-refractivity contribution in [3.63, 3.8) is 0 Å². The summed E-state index contributed by atoms with van der Waals surface area (Å²) in [4.78, 5) is 2.27. The van der Waals surface area contributed by atoms with Gasteiger partial charge in [-0.3, -0.25) is 5.10 Å². The van der Waals surface area contributed by atoms with E-state index in [9.17, 15) is 0 Å². The quantitative estimate of drug-likeness (QED) is 0.729. The van der Waals surface area contributed by atoms with Crippen LogP contribution in [0.2, 0.25) is 0 Å². The van der Waals surface area contributed by atoms with Gasteiger partial charge in [-0.05, 0) is 19.3 Å². The first-order chi connectivity index (χ1) is 6.83. The van der Waals surface area contributed by atoms with Crippen LogP contribution in [0.4, 0.5) is 5.82 Å². The predicted octanol–water partition coefficient (Wildman–Crippen LogP) is 0.824. The molecule has 1 saturated heterocycles. The van der Waals surface area contributed by atoms with E-state index in [1.165, 1.54) is 18.5 Å². The zero-order valence-electron chi connectivity index (χ0n) is 8.24. The summed E-state index contributed by atoms with van der Waals surface area (Å²) in [5, 5.41) is 7.47. The van der Waals surface area contributed by atoms with Crippen molar-refractivity contribution in [3.8, 4) is 0 Å². The Hall–Kier alpha value is -1.03. The van der Waals surface area contributed by atoms with Crippen LogP contribution in [-0.2, 0) is 0 Å². The second-order valence-electron chi connectivity index (χ2n) is 4.45. The topological polar surface area (TPSA) is 57.9 Å². The Labute approximate surface area is 83.5 Å². The summed E-state index contributed by atoms with van der Waals surface area (Å²) < 4.78 is 0. The lowest BCUT2D eigenvalue weighted by molar-refractivity contribution is 0.751. The smallest absolute Gasteiger partial charge is 0.150 e. The molecule has 0 radical (unpaired) electrons. The standard InChI is InChI=1S/C10H16N4/c11-8-3-4-14(6-8)10-5-9(12-13-10)7-1-2-7/h5,7-8H,1-4,6,11H2,(H,12,13)/t8-/m0/s1. The Balaban J connectivity index is 1.75. The van der Waals surface area contributed by atoms with Gasteiger partial charge in [0.05, 0.1) is 0 Å². The van der Waals surface area contributed by atoms with Gasteiger partial charge in [0.2, 0.25) is 0 Å². The van der Waals surface area contributed by atoms with E-state index in [2.05, 4.69) is 21.2 Å². The second-order valence-corrected chi connectivity index (χ2v) is 4.45. The van der Waals surface area contributed by atoms with Crippen LogP contribution >= 0.6 is 0 Å². The molecule has 0 amide bonds. The summed E-state index contributed by atoms with van der Waals surface area (Å²) >= 11 is 0.